The van der Waals surface area contributed by atoms with Crippen LogP contribution >= 0.6 is 0 Å². The van der Waals surface area contributed by atoms with Crippen molar-refractivity contribution >= 4 is 11.8 Å². The van der Waals surface area contributed by atoms with Gasteiger partial charge in [0.05, 0.1) is 12.5 Å². The molecule has 0 bridgehead atoms. The second-order valence-electron chi connectivity index (χ2n) is 7.62. The van der Waals surface area contributed by atoms with Crippen molar-refractivity contribution in [1.82, 2.24) is 14.8 Å². The molecule has 6 heteroatoms. The van der Waals surface area contributed by atoms with Crippen molar-refractivity contribution in [3.8, 4) is 5.88 Å². The average Bonchev–Trinajstić information content (AvgIpc) is 3.36. The molecule has 1 aromatic heterocycles. The van der Waals surface area contributed by atoms with E-state index >= 15 is 0 Å². The highest BCUT2D eigenvalue weighted by Crippen LogP contribution is 2.42. The standard InChI is InChI=1S/C19H25N3O3/c1-25-16-15(4-2-9-20-16)17(23)22-11-8-19(13-22)7-3-10-21(18(19)24)12-14-5-6-14/h2,4,9,14H,3,5-8,10-13H2,1H3. The highest BCUT2D eigenvalue weighted by molar-refractivity contribution is 5.97. The SMILES string of the molecule is COc1ncccc1C(=O)N1CCC2(CCCN(CC3CC3)C2=O)C1. The van der Waals surface area contributed by atoms with Gasteiger partial charge in [0.15, 0.2) is 0 Å². The van der Waals surface area contributed by atoms with Crippen molar-refractivity contribution in [3.05, 3.63) is 23.9 Å². The van der Waals surface area contributed by atoms with Crippen LogP contribution in [0, 0.1) is 11.3 Å². The molecular formula is C19H25N3O3. The van der Waals surface area contributed by atoms with Gasteiger partial charge in [0.1, 0.15) is 5.56 Å². The number of pyridine rings is 1. The lowest BCUT2D eigenvalue weighted by Crippen LogP contribution is -2.51. The van der Waals surface area contributed by atoms with E-state index in [-0.39, 0.29) is 17.2 Å². The highest BCUT2D eigenvalue weighted by Gasteiger charge is 2.50. The van der Waals surface area contributed by atoms with Crippen LogP contribution < -0.4 is 4.74 Å². The molecule has 0 aromatic carbocycles. The summed E-state index contributed by atoms with van der Waals surface area (Å²) in [5.74, 6) is 1.23. The molecule has 6 nitrogen and oxygen atoms in total. The molecule has 25 heavy (non-hydrogen) atoms. The van der Waals surface area contributed by atoms with Gasteiger partial charge in [-0.2, -0.15) is 0 Å². The molecule has 2 saturated heterocycles. The Balaban J connectivity index is 1.50. The van der Waals surface area contributed by atoms with Gasteiger partial charge in [0, 0.05) is 32.4 Å². The van der Waals surface area contributed by atoms with E-state index < -0.39 is 0 Å². The van der Waals surface area contributed by atoms with Crippen LogP contribution in [0.3, 0.4) is 0 Å². The highest BCUT2D eigenvalue weighted by atomic mass is 16.5. The molecule has 3 aliphatic rings. The summed E-state index contributed by atoms with van der Waals surface area (Å²) < 4.78 is 5.22. The number of carbonyl (C=O) groups excluding carboxylic acids is 2. The number of rotatable bonds is 4. The first-order valence-corrected chi connectivity index (χ1v) is 9.21. The van der Waals surface area contributed by atoms with Crippen molar-refractivity contribution in [2.24, 2.45) is 11.3 Å². The smallest absolute Gasteiger partial charge is 0.259 e. The van der Waals surface area contributed by atoms with Crippen molar-refractivity contribution < 1.29 is 14.3 Å². The minimum atomic E-state index is -0.377. The molecule has 1 aliphatic carbocycles. The zero-order valence-corrected chi connectivity index (χ0v) is 14.7. The largest absolute Gasteiger partial charge is 0.480 e. The van der Waals surface area contributed by atoms with Gasteiger partial charge in [-0.15, -0.1) is 0 Å². The molecule has 1 unspecified atom stereocenters. The summed E-state index contributed by atoms with van der Waals surface area (Å²) in [4.78, 5) is 34.0. The number of nitrogens with zero attached hydrogens (tertiary/aromatic N) is 3. The average molecular weight is 343 g/mol. The number of methoxy groups -OCH3 is 1. The van der Waals surface area contributed by atoms with Gasteiger partial charge in [-0.25, -0.2) is 4.98 Å². The molecule has 0 radical (unpaired) electrons. The van der Waals surface area contributed by atoms with Crippen LogP contribution in [0.15, 0.2) is 18.3 Å². The molecule has 134 valence electrons. The first-order valence-electron chi connectivity index (χ1n) is 9.21. The predicted octanol–water partition coefficient (Wildman–Crippen LogP) is 1.95. The molecule has 1 saturated carbocycles. The Hall–Kier alpha value is -2.11. The number of amides is 2. The second-order valence-corrected chi connectivity index (χ2v) is 7.62. The quantitative estimate of drug-likeness (QED) is 0.838. The summed E-state index contributed by atoms with van der Waals surface area (Å²) in [6, 6.07) is 3.48. The number of ether oxygens (including phenoxy) is 1. The third-order valence-electron chi connectivity index (χ3n) is 5.84. The summed E-state index contributed by atoms with van der Waals surface area (Å²) >= 11 is 0. The monoisotopic (exact) mass is 343 g/mol. The van der Waals surface area contributed by atoms with Crippen molar-refractivity contribution in [2.45, 2.75) is 32.1 Å². The van der Waals surface area contributed by atoms with E-state index in [9.17, 15) is 9.59 Å². The molecule has 1 spiro atoms. The van der Waals surface area contributed by atoms with Crippen LogP contribution in [-0.4, -0.2) is 59.9 Å². The zero-order valence-electron chi connectivity index (χ0n) is 14.7. The van der Waals surface area contributed by atoms with Crippen LogP contribution in [0.2, 0.25) is 0 Å². The third kappa shape index (κ3) is 2.98. The predicted molar refractivity (Wildman–Crippen MR) is 92.3 cm³/mol. The Morgan fingerprint density at radius 3 is 2.96 bits per heavy atom. The molecule has 2 aliphatic heterocycles. The molecule has 1 aromatic rings. The fraction of sp³-hybridized carbons (Fsp3) is 0.632. The van der Waals surface area contributed by atoms with Crippen LogP contribution in [0.1, 0.15) is 42.5 Å². The molecule has 1 atom stereocenters. The third-order valence-corrected chi connectivity index (χ3v) is 5.84. The molecule has 3 fully saturated rings. The lowest BCUT2D eigenvalue weighted by Gasteiger charge is -2.39. The number of likely N-dealkylation sites (tertiary alicyclic amines) is 2. The van der Waals surface area contributed by atoms with E-state index in [0.29, 0.717) is 30.5 Å². The molecule has 2 amide bonds. The van der Waals surface area contributed by atoms with Crippen molar-refractivity contribution in [3.63, 3.8) is 0 Å². The van der Waals surface area contributed by atoms with Crippen LogP contribution in [0.25, 0.3) is 0 Å². The maximum atomic E-state index is 13.1. The summed E-state index contributed by atoms with van der Waals surface area (Å²) in [6.45, 7) is 2.93. The van der Waals surface area contributed by atoms with Gasteiger partial charge in [-0.05, 0) is 50.2 Å². The number of hydrogen-bond acceptors (Lipinski definition) is 4. The van der Waals surface area contributed by atoms with Gasteiger partial charge >= 0.3 is 0 Å². The van der Waals surface area contributed by atoms with Crippen LogP contribution in [0.4, 0.5) is 0 Å². The Bertz CT molecular complexity index is 688. The first kappa shape index (κ1) is 16.4. The van der Waals surface area contributed by atoms with Crippen molar-refractivity contribution in [2.75, 3.05) is 33.3 Å². The molecular weight excluding hydrogens is 318 g/mol. The maximum absolute atomic E-state index is 13.1. The van der Waals surface area contributed by atoms with Gasteiger partial charge in [0.25, 0.3) is 5.91 Å². The van der Waals surface area contributed by atoms with Gasteiger partial charge in [0.2, 0.25) is 11.8 Å². The van der Waals surface area contributed by atoms with Gasteiger partial charge < -0.3 is 14.5 Å². The van der Waals surface area contributed by atoms with Crippen molar-refractivity contribution in [1.29, 1.82) is 0 Å². The van der Waals surface area contributed by atoms with Gasteiger partial charge in [-0.1, -0.05) is 0 Å². The lowest BCUT2D eigenvalue weighted by molar-refractivity contribution is -0.145. The summed E-state index contributed by atoms with van der Waals surface area (Å²) in [5, 5.41) is 0. The fourth-order valence-corrected chi connectivity index (χ4v) is 4.25. The van der Waals surface area contributed by atoms with Crippen LogP contribution in [-0.2, 0) is 4.79 Å². The van der Waals surface area contributed by atoms with E-state index in [0.717, 1.165) is 32.4 Å². The summed E-state index contributed by atoms with van der Waals surface area (Å²) in [5.41, 5.74) is 0.0956. The van der Waals surface area contributed by atoms with E-state index in [1.807, 2.05) is 0 Å². The summed E-state index contributed by atoms with van der Waals surface area (Å²) in [7, 11) is 1.52. The molecule has 3 heterocycles. The van der Waals surface area contributed by atoms with E-state index in [1.54, 1.807) is 23.2 Å². The Kier molecular flexibility index (Phi) is 4.13. The number of hydrogen-bond donors (Lipinski definition) is 0. The van der Waals surface area contributed by atoms with Crippen LogP contribution in [0.5, 0.6) is 5.88 Å². The molecule has 4 rings (SSSR count). The number of carbonyl (C=O) groups is 2. The normalized spacial score (nSPS) is 26.4. The minimum Gasteiger partial charge on any atom is -0.480 e. The molecule has 0 N–H and O–H groups in total. The lowest BCUT2D eigenvalue weighted by atomic mass is 9.78. The van der Waals surface area contributed by atoms with E-state index in [2.05, 4.69) is 9.88 Å². The minimum absolute atomic E-state index is 0.0889. The Labute approximate surface area is 148 Å². The van der Waals surface area contributed by atoms with E-state index in [1.165, 1.54) is 20.0 Å². The number of aromatic nitrogens is 1. The number of piperidine rings is 1. The Morgan fingerprint density at radius 1 is 1.36 bits per heavy atom. The first-order chi connectivity index (χ1) is 12.1. The van der Waals surface area contributed by atoms with E-state index in [4.69, 9.17) is 4.74 Å². The summed E-state index contributed by atoms with van der Waals surface area (Å²) in [6.07, 6.45) is 6.81. The Morgan fingerprint density at radius 2 is 2.20 bits per heavy atom. The maximum Gasteiger partial charge on any atom is 0.259 e. The zero-order chi connectivity index (χ0) is 17.4. The topological polar surface area (TPSA) is 62.7 Å². The van der Waals surface area contributed by atoms with Gasteiger partial charge in [-0.3, -0.25) is 9.59 Å². The fourth-order valence-electron chi connectivity index (χ4n) is 4.25. The second kappa shape index (κ2) is 6.32.